The van der Waals surface area contributed by atoms with Crippen molar-refractivity contribution in [3.63, 3.8) is 0 Å². The zero-order valence-corrected chi connectivity index (χ0v) is 14.1. The molecule has 0 aliphatic heterocycles. The monoisotopic (exact) mass is 347 g/mol. The van der Waals surface area contributed by atoms with Crippen LogP contribution in [0.2, 0.25) is 5.02 Å². The highest BCUT2D eigenvalue weighted by Crippen LogP contribution is 2.27. The van der Waals surface area contributed by atoms with Gasteiger partial charge in [-0.25, -0.2) is 9.37 Å². The molecule has 0 saturated heterocycles. The average molecular weight is 348 g/mol. The topological polar surface area (TPSA) is 66.2 Å². The molecule has 0 aliphatic rings. The van der Waals surface area contributed by atoms with E-state index in [-0.39, 0.29) is 22.9 Å². The summed E-state index contributed by atoms with van der Waals surface area (Å²) in [4.78, 5) is 18.1. The van der Waals surface area contributed by atoms with Crippen molar-refractivity contribution in [1.82, 2.24) is 9.88 Å². The highest BCUT2D eigenvalue weighted by atomic mass is 35.5. The maximum Gasteiger partial charge on any atom is 0.259 e. The molecule has 1 unspecified atom stereocenters. The van der Waals surface area contributed by atoms with Crippen LogP contribution in [0, 0.1) is 17.1 Å². The van der Waals surface area contributed by atoms with Crippen LogP contribution >= 0.6 is 11.6 Å². The zero-order valence-electron chi connectivity index (χ0n) is 13.4. The lowest BCUT2D eigenvalue weighted by atomic mass is 10.0. The van der Waals surface area contributed by atoms with Crippen molar-refractivity contribution in [2.75, 3.05) is 14.2 Å². The second-order valence-corrected chi connectivity index (χ2v) is 5.58. The summed E-state index contributed by atoms with van der Waals surface area (Å²) >= 11 is 5.91. The van der Waals surface area contributed by atoms with Crippen LogP contribution in [0.3, 0.4) is 0 Å². The van der Waals surface area contributed by atoms with Crippen LogP contribution in [0.1, 0.15) is 34.5 Å². The fraction of sp³-hybridized carbons (Fsp3) is 0.235. The Labute approximate surface area is 144 Å². The van der Waals surface area contributed by atoms with Crippen molar-refractivity contribution in [2.24, 2.45) is 0 Å². The number of hydrogen-bond donors (Lipinski definition) is 0. The molecule has 0 spiro atoms. The van der Waals surface area contributed by atoms with Crippen LogP contribution in [0.25, 0.3) is 0 Å². The highest BCUT2D eigenvalue weighted by Gasteiger charge is 2.24. The number of pyridine rings is 1. The van der Waals surface area contributed by atoms with Crippen molar-refractivity contribution >= 4 is 17.5 Å². The van der Waals surface area contributed by atoms with Gasteiger partial charge in [-0.1, -0.05) is 17.7 Å². The molecule has 7 heteroatoms. The molecule has 0 radical (unpaired) electrons. The molecule has 0 N–H and O–H groups in total. The van der Waals surface area contributed by atoms with Gasteiger partial charge in [-0.05, 0) is 30.7 Å². The first-order chi connectivity index (χ1) is 11.4. The summed E-state index contributed by atoms with van der Waals surface area (Å²) in [5.41, 5.74) is 0.932. The van der Waals surface area contributed by atoms with E-state index in [1.807, 2.05) is 6.07 Å². The normalized spacial score (nSPS) is 11.5. The number of benzene rings is 1. The fourth-order valence-corrected chi connectivity index (χ4v) is 2.46. The Balaban J connectivity index is 2.38. The van der Waals surface area contributed by atoms with E-state index in [0.717, 1.165) is 6.07 Å². The van der Waals surface area contributed by atoms with Gasteiger partial charge in [-0.2, -0.15) is 5.26 Å². The Bertz CT molecular complexity index is 820. The lowest BCUT2D eigenvalue weighted by Crippen LogP contribution is -2.30. The Morgan fingerprint density at radius 1 is 1.46 bits per heavy atom. The largest absolute Gasteiger partial charge is 0.480 e. The number of ether oxygens (including phenoxy) is 1. The molecule has 1 atom stereocenters. The molecular formula is C17H15ClFN3O2. The molecule has 24 heavy (non-hydrogen) atoms. The number of methoxy groups -OCH3 is 1. The summed E-state index contributed by atoms with van der Waals surface area (Å²) < 4.78 is 18.4. The summed E-state index contributed by atoms with van der Waals surface area (Å²) in [6.45, 7) is 1.75. The Morgan fingerprint density at radius 2 is 2.17 bits per heavy atom. The second kappa shape index (κ2) is 7.28. The molecule has 0 saturated carbocycles. The summed E-state index contributed by atoms with van der Waals surface area (Å²) in [6, 6.07) is 6.85. The predicted octanol–water partition coefficient (Wildman–Crippen LogP) is 3.59. The van der Waals surface area contributed by atoms with Crippen LogP contribution in [0.15, 0.2) is 30.5 Å². The molecule has 2 rings (SSSR count). The zero-order chi connectivity index (χ0) is 17.9. The van der Waals surface area contributed by atoms with Crippen LogP contribution in [0.5, 0.6) is 5.88 Å². The van der Waals surface area contributed by atoms with E-state index in [2.05, 4.69) is 4.98 Å². The molecule has 124 valence electrons. The van der Waals surface area contributed by atoms with E-state index in [1.165, 1.54) is 36.4 Å². The van der Waals surface area contributed by atoms with Crippen molar-refractivity contribution in [3.05, 3.63) is 58.0 Å². The van der Waals surface area contributed by atoms with Gasteiger partial charge in [0.15, 0.2) is 0 Å². The van der Waals surface area contributed by atoms with Gasteiger partial charge in [-0.3, -0.25) is 4.79 Å². The molecule has 1 aromatic carbocycles. The number of halogens is 2. The van der Waals surface area contributed by atoms with E-state index in [1.54, 1.807) is 14.0 Å². The number of nitriles is 1. The van der Waals surface area contributed by atoms with Crippen molar-refractivity contribution in [3.8, 4) is 11.9 Å². The number of hydrogen-bond acceptors (Lipinski definition) is 4. The molecule has 0 fully saturated rings. The van der Waals surface area contributed by atoms with E-state index in [9.17, 15) is 14.4 Å². The van der Waals surface area contributed by atoms with Crippen LogP contribution in [-0.2, 0) is 0 Å². The predicted molar refractivity (Wildman–Crippen MR) is 87.4 cm³/mol. The second-order valence-electron chi connectivity index (χ2n) is 5.15. The summed E-state index contributed by atoms with van der Waals surface area (Å²) in [7, 11) is 2.99. The van der Waals surface area contributed by atoms with Gasteiger partial charge in [0.05, 0.1) is 29.8 Å². The van der Waals surface area contributed by atoms with Crippen molar-refractivity contribution < 1.29 is 13.9 Å². The third-order valence-electron chi connectivity index (χ3n) is 3.73. The maximum absolute atomic E-state index is 13.3. The SMILES string of the molecule is COc1ncc(Cl)cc1C(=O)N(C)C(C)c1ccc(F)cc1C#N. The average Bonchev–Trinajstić information content (AvgIpc) is 2.59. The molecule has 1 heterocycles. The Morgan fingerprint density at radius 3 is 2.79 bits per heavy atom. The third-order valence-corrected chi connectivity index (χ3v) is 3.94. The minimum atomic E-state index is -0.503. The van der Waals surface area contributed by atoms with Crippen LogP contribution in [0.4, 0.5) is 4.39 Å². The smallest absolute Gasteiger partial charge is 0.259 e. The molecule has 2 aromatic rings. The van der Waals surface area contributed by atoms with Crippen LogP contribution < -0.4 is 4.74 Å². The third kappa shape index (κ3) is 3.47. The van der Waals surface area contributed by atoms with Gasteiger partial charge in [0.2, 0.25) is 5.88 Å². The number of rotatable bonds is 4. The quantitative estimate of drug-likeness (QED) is 0.847. The molecule has 0 aliphatic carbocycles. The van der Waals surface area contributed by atoms with Gasteiger partial charge >= 0.3 is 0 Å². The summed E-state index contributed by atoms with van der Waals surface area (Å²) in [5, 5.41) is 9.49. The maximum atomic E-state index is 13.3. The first-order valence-corrected chi connectivity index (χ1v) is 7.43. The van der Waals surface area contributed by atoms with Crippen molar-refractivity contribution in [2.45, 2.75) is 13.0 Å². The fourth-order valence-electron chi connectivity index (χ4n) is 2.31. The minimum Gasteiger partial charge on any atom is -0.480 e. The Kier molecular flexibility index (Phi) is 5.37. The van der Waals surface area contributed by atoms with E-state index < -0.39 is 11.9 Å². The van der Waals surface area contributed by atoms with Gasteiger partial charge in [0.25, 0.3) is 5.91 Å². The number of amides is 1. The minimum absolute atomic E-state index is 0.156. The number of carbonyl (C=O) groups is 1. The van der Waals surface area contributed by atoms with Gasteiger partial charge in [0.1, 0.15) is 11.4 Å². The van der Waals surface area contributed by atoms with E-state index in [0.29, 0.717) is 10.6 Å². The lowest BCUT2D eigenvalue weighted by Gasteiger charge is -2.26. The lowest BCUT2D eigenvalue weighted by molar-refractivity contribution is 0.0738. The Hall–Kier alpha value is -2.65. The summed E-state index contributed by atoms with van der Waals surface area (Å²) in [5.74, 6) is -0.720. The molecular weight excluding hydrogens is 333 g/mol. The van der Waals surface area contributed by atoms with Gasteiger partial charge < -0.3 is 9.64 Å². The summed E-state index contributed by atoms with van der Waals surface area (Å²) in [6.07, 6.45) is 1.38. The molecule has 1 aromatic heterocycles. The number of aromatic nitrogens is 1. The molecule has 0 bridgehead atoms. The first-order valence-electron chi connectivity index (χ1n) is 7.05. The van der Waals surface area contributed by atoms with E-state index in [4.69, 9.17) is 16.3 Å². The highest BCUT2D eigenvalue weighted by molar-refractivity contribution is 6.30. The molecule has 5 nitrogen and oxygen atoms in total. The van der Waals surface area contributed by atoms with E-state index >= 15 is 0 Å². The van der Waals surface area contributed by atoms with Gasteiger partial charge in [0, 0.05) is 13.2 Å². The van der Waals surface area contributed by atoms with Gasteiger partial charge in [-0.15, -0.1) is 0 Å². The van der Waals surface area contributed by atoms with Crippen LogP contribution in [-0.4, -0.2) is 29.9 Å². The number of carbonyl (C=O) groups excluding carboxylic acids is 1. The molecule has 1 amide bonds. The first kappa shape index (κ1) is 17.7. The van der Waals surface area contributed by atoms with Crippen molar-refractivity contribution in [1.29, 1.82) is 5.26 Å². The number of nitrogens with zero attached hydrogens (tertiary/aromatic N) is 3. The standard InChI is InChI=1S/C17H15ClFN3O2/c1-10(14-5-4-13(19)6-11(14)8-20)22(2)17(23)15-7-12(18)9-21-16(15)24-3/h4-7,9-10H,1-3H3.